The highest BCUT2D eigenvalue weighted by Gasteiger charge is 2.18. The zero-order chi connectivity index (χ0) is 12.6. The number of benzene rings is 1. The van der Waals surface area contributed by atoms with E-state index in [-0.39, 0.29) is 0 Å². The lowest BCUT2D eigenvalue weighted by Crippen LogP contribution is -2.37. The van der Waals surface area contributed by atoms with Crippen LogP contribution in [0.5, 0.6) is 0 Å². The van der Waals surface area contributed by atoms with Crippen molar-refractivity contribution in [2.45, 2.75) is 25.7 Å². The van der Waals surface area contributed by atoms with E-state index in [1.807, 2.05) is 0 Å². The molecule has 0 spiro atoms. The predicted octanol–water partition coefficient (Wildman–Crippen LogP) is 2.55. The van der Waals surface area contributed by atoms with E-state index in [0.29, 0.717) is 0 Å². The molecule has 1 saturated heterocycles. The Hall–Kier alpha value is -0.860. The van der Waals surface area contributed by atoms with E-state index in [0.717, 1.165) is 12.5 Å². The van der Waals surface area contributed by atoms with Crippen LogP contribution in [-0.2, 0) is 6.42 Å². The van der Waals surface area contributed by atoms with Crippen molar-refractivity contribution >= 4 is 0 Å². The predicted molar refractivity (Wildman–Crippen MR) is 77.9 cm³/mol. The highest BCUT2D eigenvalue weighted by Crippen LogP contribution is 2.19. The Morgan fingerprint density at radius 2 is 2.11 bits per heavy atom. The van der Waals surface area contributed by atoms with Gasteiger partial charge in [0.05, 0.1) is 0 Å². The molecule has 1 aliphatic rings. The Kier molecular flexibility index (Phi) is 5.69. The number of likely N-dealkylation sites (tertiary alicyclic amines) is 1. The fourth-order valence-electron chi connectivity index (χ4n) is 2.87. The topological polar surface area (TPSA) is 15.3 Å². The highest BCUT2D eigenvalue weighted by molar-refractivity contribution is 5.14. The van der Waals surface area contributed by atoms with E-state index in [2.05, 4.69) is 47.6 Å². The van der Waals surface area contributed by atoms with Crippen LogP contribution in [0.25, 0.3) is 0 Å². The lowest BCUT2D eigenvalue weighted by Gasteiger charge is -2.32. The van der Waals surface area contributed by atoms with Crippen molar-refractivity contribution in [2.75, 3.05) is 33.2 Å². The monoisotopic (exact) mass is 246 g/mol. The standard InChI is InChI=1S/C16H26N2/c1-17-11-9-16-8-5-12-18(14-16)13-10-15-6-3-2-4-7-15/h2-4,6-7,16-17H,5,8-14H2,1H3. The van der Waals surface area contributed by atoms with Gasteiger partial charge in [-0.2, -0.15) is 0 Å². The van der Waals surface area contributed by atoms with E-state index in [4.69, 9.17) is 0 Å². The van der Waals surface area contributed by atoms with Crippen LogP contribution in [0.3, 0.4) is 0 Å². The Bertz CT molecular complexity index is 323. The molecular formula is C16H26N2. The van der Waals surface area contributed by atoms with Crippen molar-refractivity contribution in [1.29, 1.82) is 0 Å². The van der Waals surface area contributed by atoms with Crippen molar-refractivity contribution in [3.8, 4) is 0 Å². The number of piperidine rings is 1. The van der Waals surface area contributed by atoms with Crippen LogP contribution < -0.4 is 5.32 Å². The summed E-state index contributed by atoms with van der Waals surface area (Å²) in [5.41, 5.74) is 1.47. The molecule has 0 amide bonds. The quantitative estimate of drug-likeness (QED) is 0.830. The van der Waals surface area contributed by atoms with Gasteiger partial charge in [-0.15, -0.1) is 0 Å². The number of hydrogen-bond acceptors (Lipinski definition) is 2. The molecule has 0 saturated carbocycles. The molecule has 2 nitrogen and oxygen atoms in total. The first-order valence-corrected chi connectivity index (χ1v) is 7.29. The molecule has 0 bridgehead atoms. The Morgan fingerprint density at radius 3 is 2.89 bits per heavy atom. The molecular weight excluding hydrogens is 220 g/mol. The SMILES string of the molecule is CNCCC1CCCN(CCc2ccccc2)C1. The van der Waals surface area contributed by atoms with Crippen LogP contribution in [0, 0.1) is 5.92 Å². The smallest absolute Gasteiger partial charge is 0.00219 e. The molecule has 1 heterocycles. The lowest BCUT2D eigenvalue weighted by molar-refractivity contribution is 0.170. The minimum absolute atomic E-state index is 0.905. The molecule has 0 aliphatic carbocycles. The summed E-state index contributed by atoms with van der Waals surface area (Å²) in [6.07, 6.45) is 5.32. The Balaban J connectivity index is 1.72. The zero-order valence-corrected chi connectivity index (χ0v) is 11.6. The van der Waals surface area contributed by atoms with E-state index >= 15 is 0 Å². The molecule has 1 aromatic carbocycles. The van der Waals surface area contributed by atoms with E-state index in [9.17, 15) is 0 Å². The summed E-state index contributed by atoms with van der Waals surface area (Å²) in [6.45, 7) is 4.98. The van der Waals surface area contributed by atoms with Gasteiger partial charge in [0.1, 0.15) is 0 Å². The van der Waals surface area contributed by atoms with E-state index < -0.39 is 0 Å². The second kappa shape index (κ2) is 7.55. The molecule has 0 aromatic heterocycles. The zero-order valence-electron chi connectivity index (χ0n) is 11.6. The minimum Gasteiger partial charge on any atom is -0.320 e. The molecule has 1 atom stereocenters. The average molecular weight is 246 g/mol. The molecule has 2 rings (SSSR count). The summed E-state index contributed by atoms with van der Waals surface area (Å²) in [6, 6.07) is 10.9. The number of nitrogens with one attached hydrogen (secondary N) is 1. The normalized spacial score (nSPS) is 21.1. The van der Waals surface area contributed by atoms with Gasteiger partial charge in [0, 0.05) is 13.1 Å². The molecule has 18 heavy (non-hydrogen) atoms. The Labute approximate surface area is 111 Å². The fraction of sp³-hybridized carbons (Fsp3) is 0.625. The van der Waals surface area contributed by atoms with Gasteiger partial charge >= 0.3 is 0 Å². The molecule has 1 N–H and O–H groups in total. The van der Waals surface area contributed by atoms with Crippen LogP contribution in [0.4, 0.5) is 0 Å². The van der Waals surface area contributed by atoms with Gasteiger partial charge in [-0.05, 0) is 57.3 Å². The summed E-state index contributed by atoms with van der Waals surface area (Å²) in [7, 11) is 2.05. The summed E-state index contributed by atoms with van der Waals surface area (Å²) in [4.78, 5) is 2.65. The maximum absolute atomic E-state index is 3.27. The van der Waals surface area contributed by atoms with Gasteiger partial charge in [0.2, 0.25) is 0 Å². The second-order valence-corrected chi connectivity index (χ2v) is 5.44. The molecule has 0 radical (unpaired) electrons. The first kappa shape index (κ1) is 13.6. The van der Waals surface area contributed by atoms with Crippen molar-refractivity contribution in [3.63, 3.8) is 0 Å². The molecule has 2 heteroatoms. The first-order valence-electron chi connectivity index (χ1n) is 7.29. The maximum Gasteiger partial charge on any atom is 0.00219 e. The van der Waals surface area contributed by atoms with Gasteiger partial charge in [-0.25, -0.2) is 0 Å². The highest BCUT2D eigenvalue weighted by atomic mass is 15.1. The van der Waals surface area contributed by atoms with Gasteiger partial charge in [-0.3, -0.25) is 0 Å². The third kappa shape index (κ3) is 4.43. The third-order valence-corrected chi connectivity index (χ3v) is 3.97. The summed E-state index contributed by atoms with van der Waals surface area (Å²) >= 11 is 0. The largest absolute Gasteiger partial charge is 0.320 e. The number of hydrogen-bond donors (Lipinski definition) is 1. The fourth-order valence-corrected chi connectivity index (χ4v) is 2.87. The number of rotatable bonds is 6. The van der Waals surface area contributed by atoms with E-state index in [1.54, 1.807) is 0 Å². The second-order valence-electron chi connectivity index (χ2n) is 5.44. The molecule has 1 unspecified atom stereocenters. The van der Waals surface area contributed by atoms with Crippen molar-refractivity contribution in [1.82, 2.24) is 10.2 Å². The minimum atomic E-state index is 0.905. The van der Waals surface area contributed by atoms with Crippen LogP contribution in [-0.4, -0.2) is 38.1 Å². The van der Waals surface area contributed by atoms with Crippen molar-refractivity contribution in [2.24, 2.45) is 5.92 Å². The lowest BCUT2D eigenvalue weighted by atomic mass is 9.94. The van der Waals surface area contributed by atoms with Gasteiger partial charge in [-0.1, -0.05) is 30.3 Å². The van der Waals surface area contributed by atoms with Gasteiger partial charge in [0.15, 0.2) is 0 Å². The molecule has 1 aromatic rings. The summed E-state index contributed by atoms with van der Waals surface area (Å²) in [5, 5.41) is 3.27. The van der Waals surface area contributed by atoms with Crippen molar-refractivity contribution < 1.29 is 0 Å². The van der Waals surface area contributed by atoms with Crippen LogP contribution in [0.2, 0.25) is 0 Å². The van der Waals surface area contributed by atoms with Crippen molar-refractivity contribution in [3.05, 3.63) is 35.9 Å². The van der Waals surface area contributed by atoms with Crippen LogP contribution in [0.15, 0.2) is 30.3 Å². The first-order chi connectivity index (χ1) is 8.88. The molecule has 1 aliphatic heterocycles. The maximum atomic E-state index is 3.27. The Morgan fingerprint density at radius 1 is 1.28 bits per heavy atom. The van der Waals surface area contributed by atoms with Gasteiger partial charge < -0.3 is 10.2 Å². The molecule has 100 valence electrons. The summed E-state index contributed by atoms with van der Waals surface area (Å²) < 4.78 is 0. The molecule has 1 fully saturated rings. The summed E-state index contributed by atoms with van der Waals surface area (Å²) in [5.74, 6) is 0.905. The van der Waals surface area contributed by atoms with Crippen LogP contribution >= 0.6 is 0 Å². The van der Waals surface area contributed by atoms with E-state index in [1.165, 1.54) is 50.9 Å². The number of nitrogens with zero attached hydrogens (tertiary/aromatic N) is 1. The van der Waals surface area contributed by atoms with Gasteiger partial charge in [0.25, 0.3) is 0 Å². The third-order valence-electron chi connectivity index (χ3n) is 3.97. The average Bonchev–Trinajstić information content (AvgIpc) is 2.44. The van der Waals surface area contributed by atoms with Crippen LogP contribution in [0.1, 0.15) is 24.8 Å².